The van der Waals surface area contributed by atoms with E-state index >= 15 is 0 Å². The van der Waals surface area contributed by atoms with Crippen molar-refractivity contribution in [1.29, 1.82) is 0 Å². The molecule has 1 aromatic carbocycles. The lowest BCUT2D eigenvalue weighted by Crippen LogP contribution is -2.45. The van der Waals surface area contributed by atoms with Crippen molar-refractivity contribution in [3.63, 3.8) is 0 Å². The predicted octanol–water partition coefficient (Wildman–Crippen LogP) is 3.62. The van der Waals surface area contributed by atoms with Gasteiger partial charge in [-0.15, -0.1) is 0 Å². The molecule has 0 atom stereocenters. The third-order valence-corrected chi connectivity index (χ3v) is 3.22. The molecule has 1 aliphatic rings. The van der Waals surface area contributed by atoms with Gasteiger partial charge in [-0.05, 0) is 39.0 Å². The number of benzene rings is 1. The van der Waals surface area contributed by atoms with E-state index < -0.39 is 11.7 Å². The van der Waals surface area contributed by atoms with Gasteiger partial charge in [0.2, 0.25) is 0 Å². The minimum Gasteiger partial charge on any atom is -0.444 e. The van der Waals surface area contributed by atoms with Crippen LogP contribution >= 0.6 is 0 Å². The molecule has 1 aliphatic heterocycles. The van der Waals surface area contributed by atoms with Crippen molar-refractivity contribution in [2.24, 2.45) is 5.41 Å². The second kappa shape index (κ2) is 6.12. The zero-order valence-electron chi connectivity index (χ0n) is 13.5. The molecule has 2 N–H and O–H groups in total. The van der Waals surface area contributed by atoms with Gasteiger partial charge in [-0.3, -0.25) is 5.32 Å². The topological polar surface area (TPSA) is 59.6 Å². The van der Waals surface area contributed by atoms with E-state index in [1.54, 1.807) is 26.8 Å². The van der Waals surface area contributed by atoms with Crippen LogP contribution in [0.2, 0.25) is 0 Å². The third kappa shape index (κ3) is 4.59. The molecule has 6 heteroatoms. The second-order valence-electron chi connectivity index (χ2n) is 6.98. The average molecular weight is 310 g/mol. The van der Waals surface area contributed by atoms with Crippen molar-refractivity contribution in [2.75, 3.05) is 30.4 Å². The van der Waals surface area contributed by atoms with Crippen molar-refractivity contribution in [3.05, 3.63) is 24.0 Å². The molecule has 0 saturated carbocycles. The summed E-state index contributed by atoms with van der Waals surface area (Å²) in [5.41, 5.74) is 0.278. The molecule has 1 saturated heterocycles. The van der Waals surface area contributed by atoms with E-state index in [2.05, 4.69) is 17.6 Å². The van der Waals surface area contributed by atoms with Crippen molar-refractivity contribution in [2.45, 2.75) is 33.3 Å². The minimum absolute atomic E-state index is 0.0288. The van der Waals surface area contributed by atoms with Crippen LogP contribution in [0.1, 0.15) is 27.7 Å². The van der Waals surface area contributed by atoms with Crippen LogP contribution in [0.4, 0.5) is 20.6 Å². The molecule has 1 amide bonds. The molecule has 22 heavy (non-hydrogen) atoms. The molecule has 1 fully saturated rings. The van der Waals surface area contributed by atoms with Gasteiger partial charge in [0.15, 0.2) is 0 Å². The van der Waals surface area contributed by atoms with E-state index in [0.717, 1.165) is 0 Å². The van der Waals surface area contributed by atoms with Crippen LogP contribution in [0, 0.1) is 11.2 Å². The Hall–Kier alpha value is -1.82. The first-order valence-corrected chi connectivity index (χ1v) is 7.28. The van der Waals surface area contributed by atoms with Gasteiger partial charge in [0.25, 0.3) is 0 Å². The Balaban J connectivity index is 1.98. The SMILES string of the molecule is CC1(CNc2cc(NC(=O)OC(C)(C)C)ccc2F)COC1. The second-order valence-corrected chi connectivity index (χ2v) is 6.98. The lowest BCUT2D eigenvalue weighted by Gasteiger charge is -2.38. The zero-order chi connectivity index (χ0) is 16.4. The summed E-state index contributed by atoms with van der Waals surface area (Å²) in [5.74, 6) is -0.362. The quantitative estimate of drug-likeness (QED) is 0.891. The highest BCUT2D eigenvalue weighted by Crippen LogP contribution is 2.28. The summed E-state index contributed by atoms with van der Waals surface area (Å²) in [4.78, 5) is 11.7. The summed E-state index contributed by atoms with van der Waals surface area (Å²) in [7, 11) is 0. The minimum atomic E-state index is -0.579. The fraction of sp³-hybridized carbons (Fsp3) is 0.562. The van der Waals surface area contributed by atoms with E-state index in [9.17, 15) is 9.18 Å². The highest BCUT2D eigenvalue weighted by molar-refractivity contribution is 5.85. The molecule has 122 valence electrons. The number of nitrogens with one attached hydrogen (secondary N) is 2. The number of amides is 1. The number of carbonyl (C=O) groups excluding carboxylic acids is 1. The molecule has 0 unspecified atom stereocenters. The summed E-state index contributed by atoms with van der Waals surface area (Å²) in [6.07, 6.45) is -0.565. The predicted molar refractivity (Wildman–Crippen MR) is 83.7 cm³/mol. The molecule has 0 bridgehead atoms. The van der Waals surface area contributed by atoms with E-state index in [1.165, 1.54) is 12.1 Å². The van der Waals surface area contributed by atoms with Gasteiger partial charge in [0.05, 0.1) is 18.9 Å². The van der Waals surface area contributed by atoms with Crippen LogP contribution in [0.5, 0.6) is 0 Å². The van der Waals surface area contributed by atoms with Crippen LogP contribution < -0.4 is 10.6 Å². The largest absolute Gasteiger partial charge is 0.444 e. The Morgan fingerprint density at radius 2 is 2.09 bits per heavy atom. The number of hydrogen-bond acceptors (Lipinski definition) is 4. The lowest BCUT2D eigenvalue weighted by atomic mass is 9.88. The van der Waals surface area contributed by atoms with Crippen molar-refractivity contribution < 1.29 is 18.7 Å². The molecule has 0 aliphatic carbocycles. The Morgan fingerprint density at radius 1 is 1.41 bits per heavy atom. The summed E-state index contributed by atoms with van der Waals surface area (Å²) in [6, 6.07) is 4.37. The average Bonchev–Trinajstić information content (AvgIpc) is 2.35. The van der Waals surface area contributed by atoms with E-state index in [0.29, 0.717) is 31.1 Å². The van der Waals surface area contributed by atoms with E-state index in [-0.39, 0.29) is 11.2 Å². The summed E-state index contributed by atoms with van der Waals surface area (Å²) >= 11 is 0. The fourth-order valence-electron chi connectivity index (χ4n) is 2.02. The maximum Gasteiger partial charge on any atom is 0.412 e. The van der Waals surface area contributed by atoms with Gasteiger partial charge >= 0.3 is 6.09 Å². The highest BCUT2D eigenvalue weighted by atomic mass is 19.1. The van der Waals surface area contributed by atoms with Crippen LogP contribution in [-0.4, -0.2) is 31.5 Å². The monoisotopic (exact) mass is 310 g/mol. The fourth-order valence-corrected chi connectivity index (χ4v) is 2.02. The maximum atomic E-state index is 13.8. The maximum absolute atomic E-state index is 13.8. The Kier molecular flexibility index (Phi) is 4.60. The smallest absolute Gasteiger partial charge is 0.412 e. The van der Waals surface area contributed by atoms with Crippen LogP contribution in [0.15, 0.2) is 18.2 Å². The highest BCUT2D eigenvalue weighted by Gasteiger charge is 2.33. The summed E-state index contributed by atoms with van der Waals surface area (Å²) < 4.78 is 24.2. The van der Waals surface area contributed by atoms with Crippen molar-refractivity contribution in [1.82, 2.24) is 0 Å². The molecule has 0 radical (unpaired) electrons. The lowest BCUT2D eigenvalue weighted by molar-refractivity contribution is -0.0924. The van der Waals surface area contributed by atoms with E-state index in [1.807, 2.05) is 0 Å². The third-order valence-electron chi connectivity index (χ3n) is 3.22. The van der Waals surface area contributed by atoms with Gasteiger partial charge in [-0.1, -0.05) is 6.92 Å². The van der Waals surface area contributed by atoms with Gasteiger partial charge in [-0.25, -0.2) is 9.18 Å². The summed E-state index contributed by atoms with van der Waals surface area (Å²) in [5, 5.41) is 5.67. The number of halogens is 1. The molecule has 0 spiro atoms. The van der Waals surface area contributed by atoms with Gasteiger partial charge in [0.1, 0.15) is 11.4 Å². The summed E-state index contributed by atoms with van der Waals surface area (Å²) in [6.45, 7) is 9.36. The first kappa shape index (κ1) is 16.5. The normalized spacial score (nSPS) is 16.6. The standard InChI is InChI=1S/C16H23FN2O3/c1-15(2,3)22-14(20)19-11-5-6-12(17)13(7-11)18-8-16(4)9-21-10-16/h5-7,18H,8-10H2,1-4H3,(H,19,20). The van der Waals surface area contributed by atoms with Gasteiger partial charge < -0.3 is 14.8 Å². The van der Waals surface area contributed by atoms with Crippen LogP contribution in [-0.2, 0) is 9.47 Å². The molecule has 1 heterocycles. The van der Waals surface area contributed by atoms with Crippen molar-refractivity contribution in [3.8, 4) is 0 Å². The van der Waals surface area contributed by atoms with Gasteiger partial charge in [-0.2, -0.15) is 0 Å². The Labute approximate surface area is 130 Å². The van der Waals surface area contributed by atoms with Crippen LogP contribution in [0.3, 0.4) is 0 Å². The first-order valence-electron chi connectivity index (χ1n) is 7.28. The number of ether oxygens (including phenoxy) is 2. The molecule has 2 rings (SSSR count). The molecular formula is C16H23FN2O3. The van der Waals surface area contributed by atoms with Gasteiger partial charge in [0, 0.05) is 17.6 Å². The van der Waals surface area contributed by atoms with E-state index in [4.69, 9.17) is 9.47 Å². The number of hydrogen-bond donors (Lipinski definition) is 2. The van der Waals surface area contributed by atoms with Crippen LogP contribution in [0.25, 0.3) is 0 Å². The van der Waals surface area contributed by atoms with Crippen molar-refractivity contribution >= 4 is 17.5 Å². The number of carbonyl (C=O) groups is 1. The first-order chi connectivity index (χ1) is 10.2. The number of anilines is 2. The molecule has 0 aromatic heterocycles. The molecule has 5 nitrogen and oxygen atoms in total. The number of rotatable bonds is 4. The Morgan fingerprint density at radius 3 is 2.64 bits per heavy atom. The molecular weight excluding hydrogens is 287 g/mol. The zero-order valence-corrected chi connectivity index (χ0v) is 13.5. The molecule has 1 aromatic rings. The Bertz CT molecular complexity index is 551.